The van der Waals surface area contributed by atoms with E-state index < -0.39 is 0 Å². The third kappa shape index (κ3) is 3.87. The fourth-order valence-electron chi connectivity index (χ4n) is 3.34. The van der Waals surface area contributed by atoms with Crippen LogP contribution in [0.1, 0.15) is 16.8 Å². The van der Waals surface area contributed by atoms with E-state index in [1.807, 2.05) is 12.1 Å². The second kappa shape index (κ2) is 8.03. The number of hydrogen-bond donors (Lipinski definition) is 0. The molecule has 0 radical (unpaired) electrons. The van der Waals surface area contributed by atoms with Crippen LogP contribution in [-0.2, 0) is 13.0 Å². The zero-order valence-corrected chi connectivity index (χ0v) is 17.3. The molecular weight excluding hydrogens is 364 g/mol. The lowest BCUT2D eigenvalue weighted by Gasteiger charge is -2.11. The largest absolute Gasteiger partial charge is 0.497 e. The van der Waals surface area contributed by atoms with Crippen molar-refractivity contribution in [2.75, 3.05) is 7.11 Å². The lowest BCUT2D eigenvalue weighted by atomic mass is 10.1. The van der Waals surface area contributed by atoms with Gasteiger partial charge in [-0.1, -0.05) is 29.8 Å². The molecule has 4 heteroatoms. The maximum Gasteiger partial charge on any atom is 0.124 e. The molecule has 4 rings (SSSR count). The number of thiazole rings is 1. The Hall–Kier alpha value is -2.85. The highest BCUT2D eigenvalue weighted by molar-refractivity contribution is 7.13. The summed E-state index contributed by atoms with van der Waals surface area (Å²) >= 11 is 1.68. The van der Waals surface area contributed by atoms with Crippen molar-refractivity contribution in [3.8, 4) is 27.7 Å². The Bertz CT molecular complexity index is 1060. The Labute approximate surface area is 170 Å². The average Bonchev–Trinajstić information content (AvgIpc) is 3.34. The lowest BCUT2D eigenvalue weighted by Crippen LogP contribution is -2.05. The molecule has 142 valence electrons. The van der Waals surface area contributed by atoms with Crippen LogP contribution in [0.4, 0.5) is 0 Å². The summed E-state index contributed by atoms with van der Waals surface area (Å²) in [5, 5.41) is 3.18. The van der Waals surface area contributed by atoms with E-state index in [-0.39, 0.29) is 0 Å². The fourth-order valence-corrected chi connectivity index (χ4v) is 4.16. The molecule has 0 unspecified atom stereocenters. The van der Waals surface area contributed by atoms with Gasteiger partial charge in [0.15, 0.2) is 0 Å². The lowest BCUT2D eigenvalue weighted by molar-refractivity contribution is 0.415. The van der Waals surface area contributed by atoms with Crippen molar-refractivity contribution in [3.05, 3.63) is 82.9 Å². The van der Waals surface area contributed by atoms with Crippen molar-refractivity contribution in [3.63, 3.8) is 0 Å². The third-order valence-corrected chi connectivity index (χ3v) is 5.94. The van der Waals surface area contributed by atoms with Gasteiger partial charge in [-0.05, 0) is 62.2 Å². The van der Waals surface area contributed by atoms with E-state index in [4.69, 9.17) is 9.72 Å². The Morgan fingerprint density at radius 2 is 1.68 bits per heavy atom. The summed E-state index contributed by atoms with van der Waals surface area (Å²) in [6, 6.07) is 21.2. The maximum absolute atomic E-state index is 5.25. The summed E-state index contributed by atoms with van der Waals surface area (Å²) in [7, 11) is 1.68. The molecule has 0 atom stereocenters. The number of hydrogen-bond acceptors (Lipinski definition) is 3. The van der Waals surface area contributed by atoms with Gasteiger partial charge in [0.05, 0.1) is 18.5 Å². The number of benzene rings is 2. The third-order valence-electron chi connectivity index (χ3n) is 5.05. The van der Waals surface area contributed by atoms with E-state index in [0.29, 0.717) is 0 Å². The average molecular weight is 389 g/mol. The fraction of sp³-hybridized carbons (Fsp3) is 0.208. The summed E-state index contributed by atoms with van der Waals surface area (Å²) in [5.41, 5.74) is 7.26. The number of aryl methyl sites for hydroxylation is 3. The topological polar surface area (TPSA) is 27.1 Å². The van der Waals surface area contributed by atoms with E-state index in [2.05, 4.69) is 72.3 Å². The standard InChI is InChI=1S/C24H24N2OS/c1-17-4-7-19(8-5-17)14-15-26-18(2)6-13-23(26)22-16-28-24(25-22)20-9-11-21(27-3)12-10-20/h4-13,16H,14-15H2,1-3H3. The van der Waals surface area contributed by atoms with Crippen LogP contribution in [0.15, 0.2) is 66.0 Å². The van der Waals surface area contributed by atoms with E-state index >= 15 is 0 Å². The summed E-state index contributed by atoms with van der Waals surface area (Å²) in [6.45, 7) is 5.24. The van der Waals surface area contributed by atoms with Crippen LogP contribution in [-0.4, -0.2) is 16.7 Å². The van der Waals surface area contributed by atoms with Gasteiger partial charge in [-0.2, -0.15) is 0 Å². The minimum atomic E-state index is 0.862. The van der Waals surface area contributed by atoms with E-state index in [0.717, 1.165) is 35.0 Å². The Morgan fingerprint density at radius 1 is 0.929 bits per heavy atom. The molecule has 2 aromatic carbocycles. The number of methoxy groups -OCH3 is 1. The van der Waals surface area contributed by atoms with Crippen molar-refractivity contribution in [1.82, 2.24) is 9.55 Å². The van der Waals surface area contributed by atoms with E-state index in [1.54, 1.807) is 18.4 Å². The smallest absolute Gasteiger partial charge is 0.124 e. The number of nitrogens with zero attached hydrogens (tertiary/aromatic N) is 2. The molecule has 0 bridgehead atoms. The SMILES string of the molecule is COc1ccc(-c2nc(-c3ccc(C)n3CCc3ccc(C)cc3)cs2)cc1. The first-order chi connectivity index (χ1) is 13.6. The Kier molecular flexibility index (Phi) is 5.31. The number of rotatable bonds is 6. The van der Waals surface area contributed by atoms with Crippen LogP contribution in [0.3, 0.4) is 0 Å². The summed E-state index contributed by atoms with van der Waals surface area (Å²) in [4.78, 5) is 4.90. The van der Waals surface area contributed by atoms with Gasteiger partial charge in [-0.3, -0.25) is 0 Å². The highest BCUT2D eigenvalue weighted by Crippen LogP contribution is 2.31. The summed E-state index contributed by atoms with van der Waals surface area (Å²) in [5.74, 6) is 0.862. The molecule has 0 spiro atoms. The molecule has 3 nitrogen and oxygen atoms in total. The van der Waals surface area contributed by atoms with Crippen molar-refractivity contribution >= 4 is 11.3 Å². The first-order valence-electron chi connectivity index (χ1n) is 9.46. The Balaban J connectivity index is 1.56. The van der Waals surface area contributed by atoms with Crippen molar-refractivity contribution < 1.29 is 4.74 Å². The number of ether oxygens (including phenoxy) is 1. The molecule has 0 N–H and O–H groups in total. The molecule has 4 aromatic rings. The second-order valence-corrected chi connectivity index (χ2v) is 7.87. The number of aromatic nitrogens is 2. The van der Waals surface area contributed by atoms with Crippen LogP contribution in [0.25, 0.3) is 22.0 Å². The van der Waals surface area contributed by atoms with Crippen LogP contribution < -0.4 is 4.74 Å². The van der Waals surface area contributed by atoms with Crippen LogP contribution in [0.5, 0.6) is 5.75 Å². The zero-order chi connectivity index (χ0) is 19.5. The first kappa shape index (κ1) is 18.5. The highest BCUT2D eigenvalue weighted by atomic mass is 32.1. The van der Waals surface area contributed by atoms with Gasteiger partial charge in [-0.25, -0.2) is 4.98 Å². The molecule has 0 fully saturated rings. The quantitative estimate of drug-likeness (QED) is 0.396. The molecule has 0 saturated heterocycles. The molecule has 2 heterocycles. The molecule has 0 aliphatic heterocycles. The monoisotopic (exact) mass is 388 g/mol. The predicted molar refractivity (Wildman–Crippen MR) is 117 cm³/mol. The van der Waals surface area contributed by atoms with Gasteiger partial charge in [0.25, 0.3) is 0 Å². The van der Waals surface area contributed by atoms with Crippen LogP contribution in [0.2, 0.25) is 0 Å². The molecule has 2 aromatic heterocycles. The van der Waals surface area contributed by atoms with Crippen LogP contribution >= 0.6 is 11.3 Å². The van der Waals surface area contributed by atoms with Gasteiger partial charge in [0, 0.05) is 23.2 Å². The molecular formula is C24H24N2OS. The minimum Gasteiger partial charge on any atom is -0.497 e. The molecule has 0 aliphatic rings. The summed E-state index contributed by atoms with van der Waals surface area (Å²) < 4.78 is 7.62. The van der Waals surface area contributed by atoms with E-state index in [1.165, 1.54) is 22.5 Å². The Morgan fingerprint density at radius 3 is 2.39 bits per heavy atom. The predicted octanol–water partition coefficient (Wildman–Crippen LogP) is 6.15. The van der Waals surface area contributed by atoms with Crippen LogP contribution in [0, 0.1) is 13.8 Å². The minimum absolute atomic E-state index is 0.862. The van der Waals surface area contributed by atoms with Gasteiger partial charge in [0.2, 0.25) is 0 Å². The van der Waals surface area contributed by atoms with Crippen molar-refractivity contribution in [1.29, 1.82) is 0 Å². The highest BCUT2D eigenvalue weighted by Gasteiger charge is 2.12. The maximum atomic E-state index is 5.25. The molecule has 0 amide bonds. The van der Waals surface area contributed by atoms with Gasteiger partial charge in [-0.15, -0.1) is 11.3 Å². The second-order valence-electron chi connectivity index (χ2n) is 7.01. The summed E-state index contributed by atoms with van der Waals surface area (Å²) in [6.07, 6.45) is 1.01. The zero-order valence-electron chi connectivity index (χ0n) is 16.5. The molecule has 0 saturated carbocycles. The van der Waals surface area contributed by atoms with Gasteiger partial charge < -0.3 is 9.30 Å². The molecule has 28 heavy (non-hydrogen) atoms. The van der Waals surface area contributed by atoms with Crippen molar-refractivity contribution in [2.45, 2.75) is 26.8 Å². The van der Waals surface area contributed by atoms with Gasteiger partial charge >= 0.3 is 0 Å². The molecule has 0 aliphatic carbocycles. The normalized spacial score (nSPS) is 11.0. The van der Waals surface area contributed by atoms with E-state index in [9.17, 15) is 0 Å². The van der Waals surface area contributed by atoms with Gasteiger partial charge in [0.1, 0.15) is 10.8 Å². The first-order valence-corrected chi connectivity index (χ1v) is 10.3. The van der Waals surface area contributed by atoms with Crippen molar-refractivity contribution in [2.24, 2.45) is 0 Å².